The fourth-order valence-electron chi connectivity index (χ4n) is 4.08. The maximum Gasteiger partial charge on any atom is 0.227 e. The van der Waals surface area contributed by atoms with Crippen LogP contribution < -0.4 is 15.5 Å². The smallest absolute Gasteiger partial charge is 0.227 e. The largest absolute Gasteiger partial charge is 0.369 e. The fraction of sp³-hybridized carbons (Fsp3) is 0.474. The van der Waals surface area contributed by atoms with Crippen LogP contribution in [0.3, 0.4) is 0 Å². The monoisotopic (exact) mass is 383 g/mol. The quantitative estimate of drug-likeness (QED) is 0.799. The summed E-state index contributed by atoms with van der Waals surface area (Å²) in [5.74, 6) is 1.50. The Morgan fingerprint density at radius 1 is 1.32 bits per heavy atom. The molecule has 2 bridgehead atoms. The zero-order valence-electron chi connectivity index (χ0n) is 15.7. The number of hydrogen-bond acceptors (Lipinski definition) is 8. The second kappa shape index (κ2) is 6.10. The summed E-state index contributed by atoms with van der Waals surface area (Å²) in [5, 5.41) is 0. The van der Waals surface area contributed by atoms with E-state index in [9.17, 15) is 4.39 Å². The molecule has 2 aromatic heterocycles. The van der Waals surface area contributed by atoms with Crippen LogP contribution in [0.25, 0.3) is 11.3 Å². The topological polar surface area (TPSA) is 93.3 Å². The third-order valence-electron chi connectivity index (χ3n) is 5.70. The number of anilines is 3. The van der Waals surface area contributed by atoms with Gasteiger partial charge in [-0.15, -0.1) is 0 Å². The molecule has 3 aliphatic rings. The number of rotatable bonds is 3. The standard InChI is InChI=1S/C19H22FN7O/c1-11-14-9-28-15(11)8-27(14)16-5-13(12-6-22-17(21)23-7-12)24-18(25-16)26-4-3-19(2,20)10-26/h5-7,14-15H,1,3-4,8-10H2,2H3,(H2,21,22,23). The molecular formula is C19H22FN7O. The number of aromatic nitrogens is 4. The zero-order valence-corrected chi connectivity index (χ0v) is 15.7. The number of fused-ring (bicyclic) bond motifs is 2. The van der Waals surface area contributed by atoms with E-state index < -0.39 is 5.67 Å². The molecule has 2 N–H and O–H groups in total. The van der Waals surface area contributed by atoms with E-state index in [1.807, 2.05) is 11.0 Å². The van der Waals surface area contributed by atoms with Gasteiger partial charge in [-0.25, -0.2) is 19.3 Å². The Kier molecular flexibility index (Phi) is 3.77. The lowest BCUT2D eigenvalue weighted by Crippen LogP contribution is -2.38. The number of nitrogens with zero attached hydrogens (tertiary/aromatic N) is 6. The summed E-state index contributed by atoms with van der Waals surface area (Å²) >= 11 is 0. The van der Waals surface area contributed by atoms with Crippen molar-refractivity contribution in [3.8, 4) is 11.3 Å². The number of nitrogens with two attached hydrogens (primary N) is 1. The molecule has 8 nitrogen and oxygen atoms in total. The SMILES string of the molecule is C=C1C2CN(c3cc(-c4cnc(N)nc4)nc(N4CCC(C)(F)C4)n3)C1CO2. The Hall–Kier alpha value is -2.81. The highest BCUT2D eigenvalue weighted by molar-refractivity contribution is 5.65. The van der Waals surface area contributed by atoms with Crippen LogP contribution >= 0.6 is 0 Å². The van der Waals surface area contributed by atoms with Gasteiger partial charge in [0.2, 0.25) is 11.9 Å². The average molecular weight is 383 g/mol. The summed E-state index contributed by atoms with van der Waals surface area (Å²) in [5.41, 5.74) is 6.87. The Labute approximate surface area is 162 Å². The van der Waals surface area contributed by atoms with Gasteiger partial charge in [0, 0.05) is 37.0 Å². The molecule has 0 aromatic carbocycles. The first-order valence-corrected chi connectivity index (χ1v) is 9.37. The van der Waals surface area contributed by atoms with E-state index in [2.05, 4.69) is 26.4 Å². The molecule has 0 aliphatic carbocycles. The summed E-state index contributed by atoms with van der Waals surface area (Å²) in [6, 6.07) is 2.02. The second-order valence-electron chi connectivity index (χ2n) is 7.89. The lowest BCUT2D eigenvalue weighted by atomic mass is 10.1. The zero-order chi connectivity index (χ0) is 19.5. The van der Waals surface area contributed by atoms with E-state index in [-0.39, 0.29) is 24.6 Å². The first kappa shape index (κ1) is 17.3. The molecule has 3 saturated heterocycles. The first-order chi connectivity index (χ1) is 13.4. The van der Waals surface area contributed by atoms with Crippen LogP contribution in [0.1, 0.15) is 13.3 Å². The number of nitrogen functional groups attached to an aromatic ring is 1. The Balaban J connectivity index is 1.56. The van der Waals surface area contributed by atoms with Gasteiger partial charge in [0.05, 0.1) is 37.5 Å². The van der Waals surface area contributed by atoms with Crippen LogP contribution in [0.4, 0.5) is 22.1 Å². The summed E-state index contributed by atoms with van der Waals surface area (Å²) in [7, 11) is 0. The van der Waals surface area contributed by atoms with E-state index in [0.29, 0.717) is 37.8 Å². The molecule has 3 unspecified atom stereocenters. The molecule has 5 rings (SSSR count). The van der Waals surface area contributed by atoms with Crippen LogP contribution in [-0.2, 0) is 4.74 Å². The van der Waals surface area contributed by atoms with Gasteiger partial charge in [0.25, 0.3) is 0 Å². The van der Waals surface area contributed by atoms with Crippen molar-refractivity contribution in [2.45, 2.75) is 31.2 Å². The minimum absolute atomic E-state index is 0.0349. The minimum atomic E-state index is -1.24. The number of hydrogen-bond donors (Lipinski definition) is 1. The van der Waals surface area contributed by atoms with Crippen LogP contribution in [0, 0.1) is 0 Å². The van der Waals surface area contributed by atoms with Crippen molar-refractivity contribution in [3.05, 3.63) is 30.6 Å². The molecule has 0 amide bonds. The number of morpholine rings is 1. The molecular weight excluding hydrogens is 361 g/mol. The van der Waals surface area contributed by atoms with Crippen LogP contribution in [0.5, 0.6) is 0 Å². The Morgan fingerprint density at radius 3 is 2.71 bits per heavy atom. The van der Waals surface area contributed by atoms with Gasteiger partial charge >= 0.3 is 0 Å². The average Bonchev–Trinajstić information content (AvgIpc) is 3.33. The Bertz CT molecular complexity index is 932. The number of ether oxygens (including phenoxy) is 1. The molecule has 3 atom stereocenters. The molecule has 0 saturated carbocycles. The molecule has 0 spiro atoms. The predicted molar refractivity (Wildman–Crippen MR) is 104 cm³/mol. The maximum absolute atomic E-state index is 14.4. The van der Waals surface area contributed by atoms with Gasteiger partial charge in [-0.05, 0) is 12.5 Å². The van der Waals surface area contributed by atoms with Gasteiger partial charge in [-0.2, -0.15) is 4.98 Å². The highest BCUT2D eigenvalue weighted by atomic mass is 19.1. The van der Waals surface area contributed by atoms with Crippen molar-refractivity contribution < 1.29 is 9.13 Å². The molecule has 3 aliphatic heterocycles. The second-order valence-corrected chi connectivity index (χ2v) is 7.89. The van der Waals surface area contributed by atoms with E-state index in [1.54, 1.807) is 19.3 Å². The van der Waals surface area contributed by atoms with Crippen LogP contribution in [0.2, 0.25) is 0 Å². The highest BCUT2D eigenvalue weighted by Gasteiger charge is 2.43. The maximum atomic E-state index is 14.4. The van der Waals surface area contributed by atoms with E-state index in [1.165, 1.54) is 0 Å². The number of alkyl halides is 1. The molecule has 28 heavy (non-hydrogen) atoms. The van der Waals surface area contributed by atoms with Gasteiger partial charge in [0.15, 0.2) is 0 Å². The predicted octanol–water partition coefficient (Wildman–Crippen LogP) is 1.60. The minimum Gasteiger partial charge on any atom is -0.369 e. The molecule has 5 heterocycles. The molecule has 9 heteroatoms. The molecule has 146 valence electrons. The summed E-state index contributed by atoms with van der Waals surface area (Å²) in [4.78, 5) is 21.7. The molecule has 2 aromatic rings. The van der Waals surface area contributed by atoms with E-state index in [0.717, 1.165) is 17.0 Å². The third kappa shape index (κ3) is 2.86. The van der Waals surface area contributed by atoms with Gasteiger partial charge in [0.1, 0.15) is 11.5 Å². The van der Waals surface area contributed by atoms with Crippen molar-refractivity contribution in [1.82, 2.24) is 19.9 Å². The van der Waals surface area contributed by atoms with Crippen LogP contribution in [-0.4, -0.2) is 64.0 Å². The van der Waals surface area contributed by atoms with Crippen molar-refractivity contribution in [3.63, 3.8) is 0 Å². The first-order valence-electron chi connectivity index (χ1n) is 9.37. The molecule has 0 radical (unpaired) electrons. The summed E-state index contributed by atoms with van der Waals surface area (Å²) < 4.78 is 20.1. The summed E-state index contributed by atoms with van der Waals surface area (Å²) in [6.07, 6.45) is 3.77. The Morgan fingerprint density at radius 2 is 2.11 bits per heavy atom. The van der Waals surface area contributed by atoms with Gasteiger partial charge in [-0.1, -0.05) is 6.58 Å². The third-order valence-corrected chi connectivity index (χ3v) is 5.70. The van der Waals surface area contributed by atoms with Crippen molar-refractivity contribution in [2.75, 3.05) is 41.8 Å². The molecule has 3 fully saturated rings. The van der Waals surface area contributed by atoms with E-state index in [4.69, 9.17) is 15.5 Å². The lowest BCUT2D eigenvalue weighted by molar-refractivity contribution is 0.106. The van der Waals surface area contributed by atoms with Gasteiger partial charge in [-0.3, -0.25) is 0 Å². The normalized spacial score (nSPS) is 29.1. The van der Waals surface area contributed by atoms with Crippen molar-refractivity contribution >= 4 is 17.7 Å². The van der Waals surface area contributed by atoms with E-state index >= 15 is 0 Å². The van der Waals surface area contributed by atoms with Crippen molar-refractivity contribution in [1.29, 1.82) is 0 Å². The number of halogens is 1. The van der Waals surface area contributed by atoms with Gasteiger partial charge < -0.3 is 20.3 Å². The summed E-state index contributed by atoms with van der Waals surface area (Å²) in [6.45, 7) is 7.94. The fourth-order valence-corrected chi connectivity index (χ4v) is 4.08. The van der Waals surface area contributed by atoms with Crippen LogP contribution in [0.15, 0.2) is 30.6 Å². The highest BCUT2D eigenvalue weighted by Crippen LogP contribution is 2.37. The van der Waals surface area contributed by atoms with Crippen molar-refractivity contribution in [2.24, 2.45) is 0 Å². The lowest BCUT2D eigenvalue weighted by Gasteiger charge is -2.29.